The molecule has 2 aliphatic rings. The fourth-order valence-corrected chi connectivity index (χ4v) is 3.50. The van der Waals surface area contributed by atoms with E-state index in [0.717, 1.165) is 26.2 Å². The molecule has 0 aromatic heterocycles. The van der Waals surface area contributed by atoms with Gasteiger partial charge in [-0.05, 0) is 49.9 Å². The zero-order chi connectivity index (χ0) is 13.9. The molecule has 1 aromatic carbocycles. The van der Waals surface area contributed by atoms with Gasteiger partial charge in [0.05, 0.1) is 12.7 Å². The molecular weight excluding hydrogens is 248 g/mol. The molecule has 0 saturated carbocycles. The van der Waals surface area contributed by atoms with Gasteiger partial charge in [0.25, 0.3) is 0 Å². The van der Waals surface area contributed by atoms with E-state index in [1.54, 1.807) is 0 Å². The summed E-state index contributed by atoms with van der Waals surface area (Å²) in [4.78, 5) is 2.61. The monoisotopic (exact) mass is 274 g/mol. The second-order valence-corrected chi connectivity index (χ2v) is 6.25. The van der Waals surface area contributed by atoms with Gasteiger partial charge in [0.2, 0.25) is 0 Å². The van der Waals surface area contributed by atoms with Crippen LogP contribution in [0.1, 0.15) is 29.5 Å². The zero-order valence-corrected chi connectivity index (χ0v) is 12.7. The first-order chi connectivity index (χ1) is 9.74. The Kier molecular flexibility index (Phi) is 4.39. The number of ether oxygens (including phenoxy) is 1. The molecule has 0 spiro atoms. The summed E-state index contributed by atoms with van der Waals surface area (Å²) in [5.74, 6) is 0. The molecule has 0 amide bonds. The standard InChI is InChI=1S/C17H26N2O/c1-13-5-3-6-14(2)17(13)10-18-9-16-11-19-8-4-7-15(19)12-20-16/h3,5-6,15-16,18H,4,7-12H2,1-2H3. The van der Waals surface area contributed by atoms with Gasteiger partial charge in [0.1, 0.15) is 0 Å². The number of benzene rings is 1. The molecule has 110 valence electrons. The molecule has 3 heteroatoms. The average Bonchev–Trinajstić information content (AvgIpc) is 2.89. The Balaban J connectivity index is 1.48. The predicted molar refractivity (Wildman–Crippen MR) is 82.0 cm³/mol. The normalized spacial score (nSPS) is 26.7. The lowest BCUT2D eigenvalue weighted by Gasteiger charge is -2.35. The fraction of sp³-hybridized carbons (Fsp3) is 0.647. The minimum Gasteiger partial charge on any atom is -0.374 e. The van der Waals surface area contributed by atoms with Crippen LogP contribution < -0.4 is 5.32 Å². The molecule has 2 saturated heterocycles. The summed E-state index contributed by atoms with van der Waals surface area (Å²) >= 11 is 0. The highest BCUT2D eigenvalue weighted by molar-refractivity contribution is 5.33. The third-order valence-corrected chi connectivity index (χ3v) is 4.78. The summed E-state index contributed by atoms with van der Waals surface area (Å²) in [6, 6.07) is 7.21. The molecule has 1 aromatic rings. The van der Waals surface area contributed by atoms with Crippen LogP contribution in [0.4, 0.5) is 0 Å². The molecule has 3 nitrogen and oxygen atoms in total. The van der Waals surface area contributed by atoms with E-state index in [2.05, 4.69) is 42.3 Å². The molecule has 2 aliphatic heterocycles. The fourth-order valence-electron chi connectivity index (χ4n) is 3.50. The van der Waals surface area contributed by atoms with Gasteiger partial charge < -0.3 is 10.1 Å². The Morgan fingerprint density at radius 2 is 2.10 bits per heavy atom. The predicted octanol–water partition coefficient (Wildman–Crippen LogP) is 2.26. The van der Waals surface area contributed by atoms with Crippen molar-refractivity contribution in [2.75, 3.05) is 26.2 Å². The summed E-state index contributed by atoms with van der Waals surface area (Å²) in [7, 11) is 0. The van der Waals surface area contributed by atoms with Crippen molar-refractivity contribution in [3.63, 3.8) is 0 Å². The van der Waals surface area contributed by atoms with Crippen molar-refractivity contribution in [2.45, 2.75) is 45.4 Å². The molecule has 20 heavy (non-hydrogen) atoms. The topological polar surface area (TPSA) is 24.5 Å². The van der Waals surface area contributed by atoms with Crippen LogP contribution in [0.2, 0.25) is 0 Å². The molecule has 2 heterocycles. The van der Waals surface area contributed by atoms with Gasteiger partial charge in [-0.15, -0.1) is 0 Å². The van der Waals surface area contributed by atoms with Crippen LogP contribution >= 0.6 is 0 Å². The highest BCUT2D eigenvalue weighted by Crippen LogP contribution is 2.22. The van der Waals surface area contributed by atoms with E-state index >= 15 is 0 Å². The Morgan fingerprint density at radius 1 is 1.30 bits per heavy atom. The second kappa shape index (κ2) is 6.25. The first-order valence-corrected chi connectivity index (χ1v) is 7.85. The number of rotatable bonds is 4. The van der Waals surface area contributed by atoms with Gasteiger partial charge >= 0.3 is 0 Å². The van der Waals surface area contributed by atoms with E-state index < -0.39 is 0 Å². The summed E-state index contributed by atoms with van der Waals surface area (Å²) in [6.45, 7) is 9.58. The van der Waals surface area contributed by atoms with Crippen LogP contribution in [0, 0.1) is 13.8 Å². The Hall–Kier alpha value is -0.900. The number of aryl methyl sites for hydroxylation is 2. The molecule has 0 aliphatic carbocycles. The lowest BCUT2D eigenvalue weighted by molar-refractivity contribution is -0.0470. The van der Waals surface area contributed by atoms with E-state index in [0.29, 0.717) is 12.1 Å². The van der Waals surface area contributed by atoms with Crippen molar-refractivity contribution >= 4 is 0 Å². The SMILES string of the molecule is Cc1cccc(C)c1CNCC1CN2CCCC2CO1. The van der Waals surface area contributed by atoms with Gasteiger partial charge in [-0.1, -0.05) is 18.2 Å². The highest BCUT2D eigenvalue weighted by atomic mass is 16.5. The molecule has 2 unspecified atom stereocenters. The maximum absolute atomic E-state index is 5.99. The van der Waals surface area contributed by atoms with Crippen LogP contribution in [0.15, 0.2) is 18.2 Å². The third-order valence-electron chi connectivity index (χ3n) is 4.78. The van der Waals surface area contributed by atoms with E-state index in [9.17, 15) is 0 Å². The van der Waals surface area contributed by atoms with Crippen LogP contribution in [-0.4, -0.2) is 43.3 Å². The van der Waals surface area contributed by atoms with E-state index in [-0.39, 0.29) is 0 Å². The number of hydrogen-bond acceptors (Lipinski definition) is 3. The van der Waals surface area contributed by atoms with E-state index in [1.165, 1.54) is 36.1 Å². The van der Waals surface area contributed by atoms with Crippen molar-refractivity contribution < 1.29 is 4.74 Å². The molecule has 2 fully saturated rings. The van der Waals surface area contributed by atoms with E-state index in [4.69, 9.17) is 4.74 Å². The lowest BCUT2D eigenvalue weighted by atomic mass is 10.0. The van der Waals surface area contributed by atoms with Crippen LogP contribution in [0.3, 0.4) is 0 Å². The first kappa shape index (κ1) is 14.1. The van der Waals surface area contributed by atoms with Crippen molar-refractivity contribution in [3.8, 4) is 0 Å². The second-order valence-electron chi connectivity index (χ2n) is 6.25. The van der Waals surface area contributed by atoms with Crippen molar-refractivity contribution in [1.82, 2.24) is 10.2 Å². The average molecular weight is 274 g/mol. The smallest absolute Gasteiger partial charge is 0.0827 e. The molecule has 3 rings (SSSR count). The van der Waals surface area contributed by atoms with Crippen LogP contribution in [-0.2, 0) is 11.3 Å². The van der Waals surface area contributed by atoms with Crippen LogP contribution in [0.5, 0.6) is 0 Å². The maximum Gasteiger partial charge on any atom is 0.0827 e. The molecular formula is C17H26N2O. The largest absolute Gasteiger partial charge is 0.374 e. The van der Waals surface area contributed by atoms with Crippen molar-refractivity contribution in [3.05, 3.63) is 34.9 Å². The Morgan fingerprint density at radius 3 is 2.90 bits per heavy atom. The highest BCUT2D eigenvalue weighted by Gasteiger charge is 2.31. The molecule has 0 bridgehead atoms. The molecule has 2 atom stereocenters. The van der Waals surface area contributed by atoms with Crippen molar-refractivity contribution in [1.29, 1.82) is 0 Å². The number of hydrogen-bond donors (Lipinski definition) is 1. The Bertz CT molecular complexity index is 440. The number of morpholine rings is 1. The quantitative estimate of drug-likeness (QED) is 0.911. The zero-order valence-electron chi connectivity index (χ0n) is 12.7. The lowest BCUT2D eigenvalue weighted by Crippen LogP contribution is -2.49. The Labute approximate surface area is 122 Å². The summed E-state index contributed by atoms with van der Waals surface area (Å²) in [6.07, 6.45) is 3.02. The van der Waals surface area contributed by atoms with E-state index in [1.807, 2.05) is 0 Å². The third kappa shape index (κ3) is 3.05. The minimum atomic E-state index is 0.355. The van der Waals surface area contributed by atoms with Gasteiger partial charge in [0, 0.05) is 25.7 Å². The van der Waals surface area contributed by atoms with Gasteiger partial charge in [-0.2, -0.15) is 0 Å². The van der Waals surface area contributed by atoms with Gasteiger partial charge in [-0.25, -0.2) is 0 Å². The summed E-state index contributed by atoms with van der Waals surface area (Å²) in [5, 5.41) is 3.58. The van der Waals surface area contributed by atoms with Crippen LogP contribution in [0.25, 0.3) is 0 Å². The first-order valence-electron chi connectivity index (χ1n) is 7.85. The number of fused-ring (bicyclic) bond motifs is 1. The summed E-state index contributed by atoms with van der Waals surface area (Å²) < 4.78 is 5.99. The maximum atomic E-state index is 5.99. The molecule has 0 radical (unpaired) electrons. The number of nitrogens with zero attached hydrogens (tertiary/aromatic N) is 1. The van der Waals surface area contributed by atoms with Gasteiger partial charge in [-0.3, -0.25) is 4.90 Å². The number of nitrogens with one attached hydrogen (secondary N) is 1. The van der Waals surface area contributed by atoms with Gasteiger partial charge in [0.15, 0.2) is 0 Å². The summed E-state index contributed by atoms with van der Waals surface area (Å²) in [5.41, 5.74) is 4.19. The minimum absolute atomic E-state index is 0.355. The molecule has 1 N–H and O–H groups in total. The van der Waals surface area contributed by atoms with Crippen molar-refractivity contribution in [2.24, 2.45) is 0 Å².